The molecule has 148 valence electrons. The van der Waals surface area contributed by atoms with E-state index in [-0.39, 0.29) is 19.8 Å². The molecule has 0 bridgehead atoms. The fourth-order valence-electron chi connectivity index (χ4n) is 2.65. The maximum atomic E-state index is 13.3. The number of unbranched alkanes of at least 4 members (excludes halogenated alkanes) is 7. The van der Waals surface area contributed by atoms with E-state index in [0.717, 1.165) is 44.9 Å². The lowest BCUT2D eigenvalue weighted by Gasteiger charge is -2.19. The molecule has 0 heterocycles. The summed E-state index contributed by atoms with van der Waals surface area (Å²) in [5.74, 6) is -0.0378. The van der Waals surface area contributed by atoms with Crippen LogP contribution in [0, 0.1) is 5.82 Å². The van der Waals surface area contributed by atoms with Gasteiger partial charge in [0.25, 0.3) is 0 Å². The van der Waals surface area contributed by atoms with Crippen LogP contribution in [0.2, 0.25) is 0 Å². The molecular formula is C19H28BrF2NO3. The normalized spacial score (nSPS) is 10.7. The van der Waals surface area contributed by atoms with Crippen LogP contribution >= 0.6 is 15.9 Å². The van der Waals surface area contributed by atoms with Crippen molar-refractivity contribution < 1.29 is 23.4 Å². The number of rotatable bonds is 14. The number of alkyl halides is 1. The Morgan fingerprint density at radius 1 is 1.00 bits per heavy atom. The summed E-state index contributed by atoms with van der Waals surface area (Å²) < 4.78 is 31.2. The summed E-state index contributed by atoms with van der Waals surface area (Å²) >= 11 is 3.19. The zero-order valence-electron chi connectivity index (χ0n) is 15.1. The third kappa shape index (κ3) is 10.6. The molecule has 4 nitrogen and oxygen atoms in total. The molecule has 0 spiro atoms. The van der Waals surface area contributed by atoms with Crippen molar-refractivity contribution >= 4 is 22.0 Å². The quantitative estimate of drug-likeness (QED) is 0.362. The van der Waals surface area contributed by atoms with Gasteiger partial charge in [-0.2, -0.15) is 0 Å². The van der Waals surface area contributed by atoms with Crippen LogP contribution in [0.4, 0.5) is 13.6 Å². The Kier molecular flexibility index (Phi) is 12.0. The molecule has 0 aliphatic rings. The summed E-state index contributed by atoms with van der Waals surface area (Å²) in [5, 5.41) is 9.25. The Balaban J connectivity index is 2.16. The van der Waals surface area contributed by atoms with E-state index in [1.54, 1.807) is 6.07 Å². The first-order chi connectivity index (χ1) is 12.5. The van der Waals surface area contributed by atoms with Crippen molar-refractivity contribution in [3.8, 4) is 5.75 Å². The SMILES string of the molecule is O=C(O)N(CCCCCCCCCCF)CCOc1cc(F)cc(Br)c1. The van der Waals surface area contributed by atoms with Crippen LogP contribution in [0.3, 0.4) is 0 Å². The van der Waals surface area contributed by atoms with Gasteiger partial charge in [-0.1, -0.05) is 54.5 Å². The number of halogens is 3. The number of carbonyl (C=O) groups is 1. The van der Waals surface area contributed by atoms with Gasteiger partial charge in [-0.25, -0.2) is 9.18 Å². The third-order valence-electron chi connectivity index (χ3n) is 4.05. The summed E-state index contributed by atoms with van der Waals surface area (Å²) in [5.41, 5.74) is 0. The number of benzene rings is 1. The highest BCUT2D eigenvalue weighted by Crippen LogP contribution is 2.20. The number of amides is 1. The topological polar surface area (TPSA) is 49.8 Å². The van der Waals surface area contributed by atoms with E-state index in [1.807, 2.05) is 0 Å². The maximum Gasteiger partial charge on any atom is 0.407 e. The summed E-state index contributed by atoms with van der Waals surface area (Å²) in [6.45, 7) is 0.655. The molecule has 0 aromatic heterocycles. The molecule has 7 heteroatoms. The van der Waals surface area contributed by atoms with E-state index < -0.39 is 11.9 Å². The zero-order valence-corrected chi connectivity index (χ0v) is 16.6. The first-order valence-corrected chi connectivity index (χ1v) is 9.95. The lowest BCUT2D eigenvalue weighted by Crippen LogP contribution is -2.34. The molecule has 0 radical (unpaired) electrons. The molecule has 0 saturated heterocycles. The average molecular weight is 436 g/mol. The first kappa shape index (κ1) is 22.7. The van der Waals surface area contributed by atoms with Crippen LogP contribution in [0.15, 0.2) is 22.7 Å². The van der Waals surface area contributed by atoms with Gasteiger partial charge < -0.3 is 14.7 Å². The predicted molar refractivity (Wildman–Crippen MR) is 102 cm³/mol. The molecule has 1 rings (SSSR count). The minimum Gasteiger partial charge on any atom is -0.492 e. The summed E-state index contributed by atoms with van der Waals surface area (Å²) in [4.78, 5) is 12.6. The van der Waals surface area contributed by atoms with Gasteiger partial charge in [-0.15, -0.1) is 0 Å². The Hall–Kier alpha value is -1.37. The van der Waals surface area contributed by atoms with Crippen molar-refractivity contribution in [2.24, 2.45) is 0 Å². The van der Waals surface area contributed by atoms with Crippen LogP contribution in [0.5, 0.6) is 5.75 Å². The van der Waals surface area contributed by atoms with Gasteiger partial charge in [-0.3, -0.25) is 4.39 Å². The van der Waals surface area contributed by atoms with Crippen molar-refractivity contribution in [2.45, 2.75) is 51.4 Å². The highest BCUT2D eigenvalue weighted by molar-refractivity contribution is 9.10. The number of hydrogen-bond donors (Lipinski definition) is 1. The van der Waals surface area contributed by atoms with Gasteiger partial charge in [0.2, 0.25) is 0 Å². The molecular weight excluding hydrogens is 408 g/mol. The average Bonchev–Trinajstić information content (AvgIpc) is 2.57. The molecule has 0 unspecified atom stereocenters. The van der Waals surface area contributed by atoms with Gasteiger partial charge in [0, 0.05) is 17.1 Å². The van der Waals surface area contributed by atoms with Crippen molar-refractivity contribution in [3.63, 3.8) is 0 Å². The third-order valence-corrected chi connectivity index (χ3v) is 4.51. The van der Waals surface area contributed by atoms with Crippen LogP contribution < -0.4 is 4.74 Å². The Labute approximate surface area is 162 Å². The molecule has 1 aromatic carbocycles. The van der Waals surface area contributed by atoms with Gasteiger partial charge in [0.15, 0.2) is 0 Å². The molecule has 1 aromatic rings. The Morgan fingerprint density at radius 2 is 1.62 bits per heavy atom. The standard InChI is InChI=1S/C19H28BrF2NO3/c20-16-13-17(22)15-18(14-16)26-12-11-23(19(24)25)10-8-6-4-2-1-3-5-7-9-21/h13-15H,1-12H2,(H,24,25). The summed E-state index contributed by atoms with van der Waals surface area (Å²) in [6, 6.07) is 4.24. The van der Waals surface area contributed by atoms with E-state index in [2.05, 4.69) is 15.9 Å². The highest BCUT2D eigenvalue weighted by Gasteiger charge is 2.11. The van der Waals surface area contributed by atoms with E-state index in [0.29, 0.717) is 23.2 Å². The minimum absolute atomic E-state index is 0.177. The second-order valence-electron chi connectivity index (χ2n) is 6.24. The smallest absolute Gasteiger partial charge is 0.407 e. The van der Waals surface area contributed by atoms with Gasteiger partial charge >= 0.3 is 6.09 Å². The van der Waals surface area contributed by atoms with Gasteiger partial charge in [0.1, 0.15) is 18.2 Å². The number of ether oxygens (including phenoxy) is 1. The maximum absolute atomic E-state index is 13.3. The molecule has 0 aliphatic carbocycles. The largest absolute Gasteiger partial charge is 0.492 e. The molecule has 0 atom stereocenters. The fourth-order valence-corrected chi connectivity index (χ4v) is 3.09. The fraction of sp³-hybridized carbons (Fsp3) is 0.632. The lowest BCUT2D eigenvalue weighted by molar-refractivity contribution is 0.134. The lowest BCUT2D eigenvalue weighted by atomic mass is 10.1. The van der Waals surface area contributed by atoms with E-state index in [4.69, 9.17) is 4.74 Å². The monoisotopic (exact) mass is 435 g/mol. The van der Waals surface area contributed by atoms with Crippen molar-refractivity contribution in [1.82, 2.24) is 4.90 Å². The molecule has 1 N–H and O–H groups in total. The molecule has 0 aliphatic heterocycles. The van der Waals surface area contributed by atoms with Crippen LogP contribution in [-0.2, 0) is 0 Å². The first-order valence-electron chi connectivity index (χ1n) is 9.15. The van der Waals surface area contributed by atoms with Crippen LogP contribution in [-0.4, -0.2) is 42.5 Å². The van der Waals surface area contributed by atoms with Crippen LogP contribution in [0.1, 0.15) is 51.4 Å². The number of hydrogen-bond acceptors (Lipinski definition) is 2. The summed E-state index contributed by atoms with van der Waals surface area (Å²) in [6.07, 6.45) is 6.77. The predicted octanol–water partition coefficient (Wildman–Crippen LogP) is 6.04. The second kappa shape index (κ2) is 13.8. The van der Waals surface area contributed by atoms with Gasteiger partial charge in [0.05, 0.1) is 13.2 Å². The summed E-state index contributed by atoms with van der Waals surface area (Å²) in [7, 11) is 0. The molecule has 26 heavy (non-hydrogen) atoms. The Bertz CT molecular complexity index is 511. The highest BCUT2D eigenvalue weighted by atomic mass is 79.9. The van der Waals surface area contributed by atoms with Crippen LogP contribution in [0.25, 0.3) is 0 Å². The molecule has 0 saturated carbocycles. The van der Waals surface area contributed by atoms with E-state index in [1.165, 1.54) is 17.0 Å². The van der Waals surface area contributed by atoms with E-state index >= 15 is 0 Å². The van der Waals surface area contributed by atoms with Gasteiger partial charge in [-0.05, 0) is 25.0 Å². The van der Waals surface area contributed by atoms with Crippen molar-refractivity contribution in [3.05, 3.63) is 28.5 Å². The second-order valence-corrected chi connectivity index (χ2v) is 7.16. The molecule has 1 amide bonds. The minimum atomic E-state index is -0.972. The number of nitrogens with zero attached hydrogens (tertiary/aromatic N) is 1. The Morgan fingerprint density at radius 3 is 2.19 bits per heavy atom. The van der Waals surface area contributed by atoms with Crippen molar-refractivity contribution in [2.75, 3.05) is 26.4 Å². The zero-order chi connectivity index (χ0) is 19.2. The van der Waals surface area contributed by atoms with Crippen molar-refractivity contribution in [1.29, 1.82) is 0 Å². The number of carboxylic acid groups (broad SMARTS) is 1. The molecule has 0 fully saturated rings. The van der Waals surface area contributed by atoms with E-state index in [9.17, 15) is 18.7 Å².